The molecule has 0 radical (unpaired) electrons. The molecule has 0 amide bonds. The number of aryl methyl sites for hydroxylation is 1. The molecule has 162 valence electrons. The summed E-state index contributed by atoms with van der Waals surface area (Å²) in [4.78, 5) is 12.6. The van der Waals surface area contributed by atoms with Crippen molar-refractivity contribution in [2.75, 3.05) is 4.31 Å². The summed E-state index contributed by atoms with van der Waals surface area (Å²) in [6, 6.07) is 20.3. The first-order valence-corrected chi connectivity index (χ1v) is 12.1. The molecule has 8 heteroatoms. The van der Waals surface area contributed by atoms with Crippen molar-refractivity contribution in [2.45, 2.75) is 23.6 Å². The van der Waals surface area contributed by atoms with Gasteiger partial charge in [0.15, 0.2) is 0 Å². The molecule has 0 unspecified atom stereocenters. The number of sulfonamides is 1. The van der Waals surface area contributed by atoms with Crippen LogP contribution in [0, 0.1) is 6.92 Å². The zero-order chi connectivity index (χ0) is 22.7. The molecule has 3 aromatic carbocycles. The van der Waals surface area contributed by atoms with E-state index in [4.69, 9.17) is 4.74 Å². The van der Waals surface area contributed by atoms with Crippen LogP contribution < -0.4 is 4.31 Å². The van der Waals surface area contributed by atoms with Crippen LogP contribution in [-0.4, -0.2) is 25.2 Å². The van der Waals surface area contributed by atoms with E-state index in [0.29, 0.717) is 21.2 Å². The minimum Gasteiger partial charge on any atom is -0.427 e. The normalized spacial score (nSPS) is 22.1. The highest BCUT2D eigenvalue weighted by Crippen LogP contribution is 2.57. The van der Waals surface area contributed by atoms with E-state index in [-0.39, 0.29) is 10.6 Å². The van der Waals surface area contributed by atoms with Crippen LogP contribution >= 0.6 is 15.9 Å². The topological polar surface area (TPSA) is 83.9 Å². The maximum absolute atomic E-state index is 14.1. The predicted octanol–water partition coefficient (Wildman–Crippen LogP) is 4.34. The lowest BCUT2D eigenvalue weighted by molar-refractivity contribution is -0.151. The molecular formula is C24H18BrNO5S. The SMILES string of the molecule is Cc1ccccc1C1=CC(=O)O[C@]12[C@@H](O)c1ccccc1N2S(=O)(=O)c1ccccc1Br. The summed E-state index contributed by atoms with van der Waals surface area (Å²) in [6.07, 6.45) is -0.159. The van der Waals surface area contributed by atoms with Gasteiger partial charge in [-0.1, -0.05) is 54.6 Å². The number of esters is 1. The van der Waals surface area contributed by atoms with Gasteiger partial charge >= 0.3 is 5.97 Å². The zero-order valence-electron chi connectivity index (χ0n) is 16.9. The second-order valence-corrected chi connectivity index (χ2v) is 10.3. The molecule has 2 aliphatic heterocycles. The molecule has 6 nitrogen and oxygen atoms in total. The summed E-state index contributed by atoms with van der Waals surface area (Å²) in [5, 5.41) is 11.5. The van der Waals surface area contributed by atoms with E-state index < -0.39 is 27.8 Å². The Balaban J connectivity index is 1.83. The van der Waals surface area contributed by atoms with E-state index in [0.717, 1.165) is 9.87 Å². The first-order chi connectivity index (χ1) is 15.3. The number of halogens is 1. The number of fused-ring (bicyclic) bond motifs is 1. The van der Waals surface area contributed by atoms with Crippen LogP contribution in [0.2, 0.25) is 0 Å². The Kier molecular flexibility index (Phi) is 4.77. The Morgan fingerprint density at radius 2 is 1.66 bits per heavy atom. The van der Waals surface area contributed by atoms with Crippen LogP contribution in [0.4, 0.5) is 5.69 Å². The number of aliphatic hydroxyl groups is 1. The van der Waals surface area contributed by atoms with E-state index in [1.807, 2.05) is 19.1 Å². The largest absolute Gasteiger partial charge is 0.427 e. The number of anilines is 1. The van der Waals surface area contributed by atoms with Crippen molar-refractivity contribution in [3.05, 3.63) is 100 Å². The number of benzene rings is 3. The first-order valence-electron chi connectivity index (χ1n) is 9.86. The number of hydrogen-bond acceptors (Lipinski definition) is 5. The van der Waals surface area contributed by atoms with E-state index in [2.05, 4.69) is 15.9 Å². The van der Waals surface area contributed by atoms with Crippen LogP contribution in [0.3, 0.4) is 0 Å². The Bertz CT molecular complexity index is 1400. The molecule has 0 fully saturated rings. The summed E-state index contributed by atoms with van der Waals surface area (Å²) >= 11 is 3.32. The number of nitrogens with zero attached hydrogens (tertiary/aromatic N) is 1. The van der Waals surface area contributed by atoms with Gasteiger partial charge in [0.1, 0.15) is 11.0 Å². The van der Waals surface area contributed by atoms with Crippen molar-refractivity contribution in [3.8, 4) is 0 Å². The molecule has 0 aromatic heterocycles. The zero-order valence-corrected chi connectivity index (χ0v) is 19.3. The molecule has 1 N–H and O–H groups in total. The maximum Gasteiger partial charge on any atom is 0.333 e. The standard InChI is InChI=1S/C24H18BrNO5S/c1-15-8-2-3-9-16(15)18-14-22(27)31-24(18)23(28)17-10-4-6-12-20(17)26(24)32(29,30)21-13-7-5-11-19(21)25/h2-14,23,28H,1H3/t23-,24-/m0/s1. The van der Waals surface area contributed by atoms with E-state index in [1.165, 1.54) is 12.1 Å². The quantitative estimate of drug-likeness (QED) is 0.528. The number of ether oxygens (including phenoxy) is 1. The molecule has 5 rings (SSSR count). The summed E-state index contributed by atoms with van der Waals surface area (Å²) in [6.45, 7) is 1.85. The van der Waals surface area contributed by atoms with Gasteiger partial charge in [-0.25, -0.2) is 17.5 Å². The smallest absolute Gasteiger partial charge is 0.333 e. The lowest BCUT2D eigenvalue weighted by Gasteiger charge is -2.38. The summed E-state index contributed by atoms with van der Waals surface area (Å²) in [5.74, 6) is -0.720. The molecule has 1 spiro atoms. The first kappa shape index (κ1) is 20.9. The lowest BCUT2D eigenvalue weighted by Crippen LogP contribution is -2.53. The Hall–Kier alpha value is -2.94. The van der Waals surface area contributed by atoms with Gasteiger partial charge in [-0.2, -0.15) is 0 Å². The van der Waals surface area contributed by atoms with Gasteiger partial charge in [0.25, 0.3) is 15.7 Å². The van der Waals surface area contributed by atoms with E-state index in [1.54, 1.807) is 54.6 Å². The third-order valence-corrected chi connectivity index (χ3v) is 8.63. The predicted molar refractivity (Wildman–Crippen MR) is 123 cm³/mol. The minimum absolute atomic E-state index is 0.00430. The fraction of sp³-hybridized carbons (Fsp3) is 0.125. The van der Waals surface area contributed by atoms with Gasteiger partial charge in [0, 0.05) is 21.7 Å². The molecule has 0 aliphatic carbocycles. The van der Waals surface area contributed by atoms with E-state index in [9.17, 15) is 18.3 Å². The van der Waals surface area contributed by atoms with Crippen molar-refractivity contribution in [1.82, 2.24) is 0 Å². The van der Waals surface area contributed by atoms with Gasteiger partial charge in [-0.3, -0.25) is 0 Å². The second-order valence-electron chi connectivity index (χ2n) is 7.65. The average molecular weight is 512 g/mol. The minimum atomic E-state index is -4.28. The van der Waals surface area contributed by atoms with Crippen molar-refractivity contribution >= 4 is 43.2 Å². The molecule has 2 aliphatic rings. The number of carbonyl (C=O) groups is 1. The van der Waals surface area contributed by atoms with Crippen LogP contribution in [0.1, 0.15) is 22.8 Å². The molecule has 0 saturated heterocycles. The molecule has 2 heterocycles. The highest BCUT2D eigenvalue weighted by molar-refractivity contribution is 9.10. The summed E-state index contributed by atoms with van der Waals surface area (Å²) in [7, 11) is -4.28. The Labute approximate surface area is 193 Å². The van der Waals surface area contributed by atoms with Crippen molar-refractivity contribution in [2.24, 2.45) is 0 Å². The molecule has 0 saturated carbocycles. The summed E-state index contributed by atoms with van der Waals surface area (Å²) in [5.41, 5.74) is 0.374. The number of hydrogen-bond donors (Lipinski definition) is 1. The van der Waals surface area contributed by atoms with Crippen molar-refractivity contribution in [1.29, 1.82) is 0 Å². The molecule has 2 atom stereocenters. The van der Waals surface area contributed by atoms with Crippen LogP contribution in [0.15, 0.2) is 88.2 Å². The third-order valence-electron chi connectivity index (χ3n) is 5.82. The van der Waals surface area contributed by atoms with Gasteiger partial charge in [0.2, 0.25) is 0 Å². The number of carbonyl (C=O) groups excluding carboxylic acids is 1. The summed E-state index contributed by atoms with van der Waals surface area (Å²) < 4.78 is 35.3. The second kappa shape index (κ2) is 7.30. The molecule has 3 aromatic rings. The molecule has 32 heavy (non-hydrogen) atoms. The van der Waals surface area contributed by atoms with Crippen LogP contribution in [0.25, 0.3) is 5.57 Å². The van der Waals surface area contributed by atoms with E-state index >= 15 is 0 Å². The van der Waals surface area contributed by atoms with Crippen LogP contribution in [0.5, 0.6) is 0 Å². The van der Waals surface area contributed by atoms with Gasteiger partial charge < -0.3 is 9.84 Å². The van der Waals surface area contributed by atoms with Gasteiger partial charge in [-0.15, -0.1) is 0 Å². The van der Waals surface area contributed by atoms with Gasteiger partial charge in [-0.05, 0) is 52.2 Å². The highest BCUT2D eigenvalue weighted by Gasteiger charge is 2.64. The highest BCUT2D eigenvalue weighted by atomic mass is 79.9. The number of aliphatic hydroxyl groups excluding tert-OH is 1. The number of rotatable bonds is 3. The molecular weight excluding hydrogens is 494 g/mol. The monoisotopic (exact) mass is 511 g/mol. The fourth-order valence-electron chi connectivity index (χ4n) is 4.42. The Morgan fingerprint density at radius 1 is 1.00 bits per heavy atom. The fourth-order valence-corrected chi connectivity index (χ4v) is 7.10. The number of para-hydroxylation sites is 1. The average Bonchev–Trinajstić information content (AvgIpc) is 3.23. The lowest BCUT2D eigenvalue weighted by atomic mass is 9.89. The maximum atomic E-state index is 14.1. The van der Waals surface area contributed by atoms with Gasteiger partial charge in [0.05, 0.1) is 5.69 Å². The third kappa shape index (κ3) is 2.80. The molecule has 0 bridgehead atoms. The van der Waals surface area contributed by atoms with Crippen molar-refractivity contribution < 1.29 is 23.1 Å². The van der Waals surface area contributed by atoms with Crippen LogP contribution in [-0.2, 0) is 19.6 Å². The Morgan fingerprint density at radius 3 is 2.41 bits per heavy atom. The van der Waals surface area contributed by atoms with Crippen molar-refractivity contribution in [3.63, 3.8) is 0 Å².